The first-order valence-electron chi connectivity index (χ1n) is 13.1. The molecule has 2 aromatic rings. The highest BCUT2D eigenvalue weighted by Gasteiger charge is 2.53. The molecule has 2 aliphatic heterocycles. The van der Waals surface area contributed by atoms with Gasteiger partial charge in [-0.25, -0.2) is 13.6 Å². The first-order chi connectivity index (χ1) is 18.0. The fourth-order valence-corrected chi connectivity index (χ4v) is 6.28. The molecular formula is C29H33F2N3O3. The van der Waals surface area contributed by atoms with Crippen LogP contribution in [-0.2, 0) is 10.2 Å². The van der Waals surface area contributed by atoms with E-state index in [1.54, 1.807) is 30.3 Å². The normalized spacial score (nSPS) is 29.9. The summed E-state index contributed by atoms with van der Waals surface area (Å²) in [6.45, 7) is 0.506. The number of halogens is 2. The maximum atomic E-state index is 14.8. The average Bonchev–Trinajstić information content (AvgIpc) is 3.39. The summed E-state index contributed by atoms with van der Waals surface area (Å²) >= 11 is 0. The number of hydrogen-bond donors (Lipinski definition) is 1. The molecule has 1 unspecified atom stereocenters. The molecule has 5 rings (SSSR count). The molecule has 0 aromatic heterocycles. The summed E-state index contributed by atoms with van der Waals surface area (Å²) in [5.41, 5.74) is 0.227. The standard InChI is InChI=1S/C29H33F2N3O3/c30-27(31)29(22-10-5-2-6-11-22)19-32-33-26(29)24-12-7-17-34(28(35)36)25(24)18-37-23-15-13-21(14-16-23)20-8-3-1-4-9-20/h1-6,8-11,19,21,23-25,27H,7,12-18H2,(H,35,36)/t21?,23?,24-,25-,29?/m1/s1. The second kappa shape index (κ2) is 11.1. The molecule has 1 saturated carbocycles. The molecule has 1 saturated heterocycles. The highest BCUT2D eigenvalue weighted by Crippen LogP contribution is 2.41. The Morgan fingerprint density at radius 2 is 1.70 bits per heavy atom. The Kier molecular flexibility index (Phi) is 7.65. The number of carbonyl (C=O) groups is 1. The minimum Gasteiger partial charge on any atom is -0.465 e. The van der Waals surface area contributed by atoms with Crippen molar-refractivity contribution in [2.24, 2.45) is 16.1 Å². The highest BCUT2D eigenvalue weighted by atomic mass is 19.3. The first-order valence-corrected chi connectivity index (χ1v) is 13.1. The molecule has 0 radical (unpaired) electrons. The summed E-state index contributed by atoms with van der Waals surface area (Å²) in [4.78, 5) is 13.5. The minimum absolute atomic E-state index is 0.0222. The van der Waals surface area contributed by atoms with Gasteiger partial charge in [-0.3, -0.25) is 0 Å². The van der Waals surface area contributed by atoms with Crippen molar-refractivity contribution in [2.75, 3.05) is 13.2 Å². The third-order valence-corrected chi connectivity index (χ3v) is 8.27. The SMILES string of the molecule is O=C(O)N1CCC[C@@H](C2=NN=CC2(c2ccccc2)C(F)F)[C@H]1COC1CCC(c2ccccc2)CC1. The number of rotatable bonds is 7. The molecule has 37 heavy (non-hydrogen) atoms. The van der Waals surface area contributed by atoms with E-state index in [1.165, 1.54) is 16.7 Å². The molecule has 2 heterocycles. The van der Waals surface area contributed by atoms with Gasteiger partial charge in [0.2, 0.25) is 0 Å². The largest absolute Gasteiger partial charge is 0.465 e. The monoisotopic (exact) mass is 509 g/mol. The third kappa shape index (κ3) is 5.04. The Labute approximate surface area is 216 Å². The van der Waals surface area contributed by atoms with Crippen LogP contribution in [0.4, 0.5) is 13.6 Å². The number of nitrogens with zero attached hydrogens (tertiary/aromatic N) is 3. The molecule has 3 aliphatic rings. The van der Waals surface area contributed by atoms with Crippen molar-refractivity contribution in [3.05, 3.63) is 71.8 Å². The Morgan fingerprint density at radius 1 is 1.03 bits per heavy atom. The zero-order valence-corrected chi connectivity index (χ0v) is 20.8. The Balaban J connectivity index is 1.33. The average molecular weight is 510 g/mol. The van der Waals surface area contributed by atoms with Crippen LogP contribution in [0.3, 0.4) is 0 Å². The van der Waals surface area contributed by atoms with E-state index in [0.717, 1.165) is 25.7 Å². The van der Waals surface area contributed by atoms with Gasteiger partial charge in [0.15, 0.2) is 0 Å². The molecule has 1 N–H and O–H groups in total. The third-order valence-electron chi connectivity index (χ3n) is 8.27. The van der Waals surface area contributed by atoms with Crippen molar-refractivity contribution in [3.63, 3.8) is 0 Å². The van der Waals surface area contributed by atoms with Crippen LogP contribution in [0.1, 0.15) is 55.6 Å². The molecule has 2 aromatic carbocycles. The number of piperidine rings is 1. The van der Waals surface area contributed by atoms with Gasteiger partial charge >= 0.3 is 6.09 Å². The zero-order valence-electron chi connectivity index (χ0n) is 20.8. The number of amides is 1. The van der Waals surface area contributed by atoms with Crippen LogP contribution in [0, 0.1) is 5.92 Å². The van der Waals surface area contributed by atoms with Crippen LogP contribution < -0.4 is 0 Å². The fourth-order valence-electron chi connectivity index (χ4n) is 6.28. The molecule has 196 valence electrons. The number of carboxylic acid groups (broad SMARTS) is 1. The lowest BCUT2D eigenvalue weighted by Crippen LogP contribution is -2.57. The number of alkyl halides is 2. The molecule has 2 fully saturated rings. The second-order valence-electron chi connectivity index (χ2n) is 10.3. The van der Waals surface area contributed by atoms with Gasteiger partial charge in [-0.1, -0.05) is 60.7 Å². The molecular weight excluding hydrogens is 476 g/mol. The lowest BCUT2D eigenvalue weighted by molar-refractivity contribution is -0.0245. The van der Waals surface area contributed by atoms with E-state index >= 15 is 0 Å². The predicted molar refractivity (Wildman–Crippen MR) is 139 cm³/mol. The van der Waals surface area contributed by atoms with E-state index < -0.39 is 29.9 Å². The smallest absolute Gasteiger partial charge is 0.407 e. The molecule has 8 heteroatoms. The van der Waals surface area contributed by atoms with Crippen molar-refractivity contribution >= 4 is 18.0 Å². The van der Waals surface area contributed by atoms with Crippen LogP contribution in [0.2, 0.25) is 0 Å². The fraction of sp³-hybridized carbons (Fsp3) is 0.483. The van der Waals surface area contributed by atoms with Crippen LogP contribution in [0.25, 0.3) is 0 Å². The maximum Gasteiger partial charge on any atom is 0.407 e. The Bertz CT molecular complexity index is 1120. The Hall–Kier alpha value is -3.13. The first kappa shape index (κ1) is 25.5. The van der Waals surface area contributed by atoms with Crippen LogP contribution in [-0.4, -0.2) is 59.7 Å². The summed E-state index contributed by atoms with van der Waals surface area (Å²) in [6, 6.07) is 18.4. The van der Waals surface area contributed by atoms with Gasteiger partial charge in [-0.05, 0) is 55.6 Å². The van der Waals surface area contributed by atoms with E-state index in [-0.39, 0.29) is 18.4 Å². The lowest BCUT2D eigenvalue weighted by Gasteiger charge is -2.43. The Morgan fingerprint density at radius 3 is 2.35 bits per heavy atom. The topological polar surface area (TPSA) is 74.5 Å². The number of hydrogen-bond acceptors (Lipinski definition) is 4. The number of benzene rings is 2. The van der Waals surface area contributed by atoms with E-state index in [9.17, 15) is 18.7 Å². The summed E-state index contributed by atoms with van der Waals surface area (Å²) in [6.07, 6.45) is 2.34. The summed E-state index contributed by atoms with van der Waals surface area (Å²) in [5.74, 6) is -0.0104. The van der Waals surface area contributed by atoms with Crippen LogP contribution in [0.15, 0.2) is 70.9 Å². The maximum absolute atomic E-state index is 14.8. The van der Waals surface area contributed by atoms with E-state index in [1.807, 2.05) is 6.07 Å². The van der Waals surface area contributed by atoms with Gasteiger partial charge in [0, 0.05) is 18.7 Å². The zero-order chi connectivity index (χ0) is 25.8. The van der Waals surface area contributed by atoms with Gasteiger partial charge in [0.1, 0.15) is 5.41 Å². The van der Waals surface area contributed by atoms with E-state index in [0.29, 0.717) is 30.9 Å². The summed E-state index contributed by atoms with van der Waals surface area (Å²) < 4.78 is 35.9. The quantitative estimate of drug-likeness (QED) is 0.488. The highest BCUT2D eigenvalue weighted by molar-refractivity contribution is 6.13. The summed E-state index contributed by atoms with van der Waals surface area (Å²) in [5, 5.41) is 18.2. The van der Waals surface area contributed by atoms with Crippen molar-refractivity contribution in [1.29, 1.82) is 0 Å². The van der Waals surface area contributed by atoms with Crippen molar-refractivity contribution in [2.45, 2.75) is 68.4 Å². The van der Waals surface area contributed by atoms with Crippen molar-refractivity contribution in [3.8, 4) is 0 Å². The second-order valence-corrected chi connectivity index (χ2v) is 10.3. The van der Waals surface area contributed by atoms with Gasteiger partial charge in [-0.15, -0.1) is 0 Å². The number of likely N-dealkylation sites (tertiary alicyclic amines) is 1. The van der Waals surface area contributed by atoms with Crippen LogP contribution >= 0.6 is 0 Å². The molecule has 1 amide bonds. The molecule has 1 aliphatic carbocycles. The van der Waals surface area contributed by atoms with Gasteiger partial charge in [0.25, 0.3) is 6.43 Å². The minimum atomic E-state index is -2.77. The molecule has 0 bridgehead atoms. The van der Waals surface area contributed by atoms with E-state index in [4.69, 9.17) is 4.74 Å². The number of ether oxygens (including phenoxy) is 1. The predicted octanol–water partition coefficient (Wildman–Crippen LogP) is 6.13. The van der Waals surface area contributed by atoms with E-state index in [2.05, 4.69) is 34.5 Å². The molecule has 3 atom stereocenters. The van der Waals surface area contributed by atoms with Gasteiger partial charge in [0.05, 0.1) is 24.5 Å². The van der Waals surface area contributed by atoms with Gasteiger partial charge < -0.3 is 14.7 Å². The summed E-state index contributed by atoms with van der Waals surface area (Å²) in [7, 11) is 0. The molecule has 0 spiro atoms. The van der Waals surface area contributed by atoms with Gasteiger partial charge in [-0.2, -0.15) is 10.2 Å². The van der Waals surface area contributed by atoms with Crippen LogP contribution in [0.5, 0.6) is 0 Å². The van der Waals surface area contributed by atoms with Crippen molar-refractivity contribution < 1.29 is 23.4 Å². The lowest BCUT2D eigenvalue weighted by atomic mass is 9.69. The molecule has 6 nitrogen and oxygen atoms in total. The van der Waals surface area contributed by atoms with Crippen molar-refractivity contribution in [1.82, 2.24) is 4.90 Å².